The fourth-order valence-corrected chi connectivity index (χ4v) is 3.35. The fourth-order valence-electron chi connectivity index (χ4n) is 2.59. The zero-order valence-electron chi connectivity index (χ0n) is 16.0. The second-order valence-corrected chi connectivity index (χ2v) is 13.4. The van der Waals surface area contributed by atoms with Crippen molar-refractivity contribution in [2.75, 3.05) is 12.3 Å². The van der Waals surface area contributed by atoms with E-state index in [1.807, 2.05) is 0 Å². The normalized spacial score (nSPS) is 11.8. The van der Waals surface area contributed by atoms with Crippen LogP contribution in [0.1, 0.15) is 10.4 Å². The molecule has 0 aliphatic heterocycles. The highest BCUT2D eigenvalue weighted by atomic mass is 28.3. The monoisotopic (exact) mass is 401 g/mol. The van der Waals surface area contributed by atoms with Gasteiger partial charge in [-0.2, -0.15) is 5.10 Å². The van der Waals surface area contributed by atoms with Gasteiger partial charge < -0.3 is 15.6 Å². The number of benzene rings is 1. The van der Waals surface area contributed by atoms with E-state index in [1.165, 1.54) is 21.6 Å². The Kier molecular flexibility index (Phi) is 5.34. The first kappa shape index (κ1) is 19.8. The van der Waals surface area contributed by atoms with Gasteiger partial charge in [-0.05, 0) is 24.2 Å². The number of aromatic carboxylic acids is 1. The summed E-state index contributed by atoms with van der Waals surface area (Å²) in [5.74, 6) is -0.928. The number of rotatable bonds is 7. The second-order valence-electron chi connectivity index (χ2n) is 7.75. The van der Waals surface area contributed by atoms with Crippen LogP contribution >= 0.6 is 0 Å². The van der Waals surface area contributed by atoms with E-state index in [0.29, 0.717) is 23.2 Å². The Morgan fingerprint density at radius 1 is 1.32 bits per heavy atom. The fraction of sp³-hybridized carbons (Fsp3) is 0.333. The predicted octanol–water partition coefficient (Wildman–Crippen LogP) is 2.17. The summed E-state index contributed by atoms with van der Waals surface area (Å²) < 4.78 is 8.35. The Hall–Kier alpha value is -2.98. The number of carboxylic acids is 1. The molecule has 0 atom stereocenters. The number of ether oxygens (including phenoxy) is 1. The van der Waals surface area contributed by atoms with E-state index in [2.05, 4.69) is 29.7 Å². The van der Waals surface area contributed by atoms with Crippen LogP contribution in [0.3, 0.4) is 0 Å². The molecule has 2 heterocycles. The summed E-state index contributed by atoms with van der Waals surface area (Å²) in [5, 5.41) is 13.5. The lowest BCUT2D eigenvalue weighted by atomic mass is 10.2. The number of nitrogen functional groups attached to an aromatic ring is 1. The van der Waals surface area contributed by atoms with Crippen LogP contribution in [0.5, 0.6) is 0 Å². The van der Waals surface area contributed by atoms with Crippen molar-refractivity contribution in [1.29, 1.82) is 0 Å². The minimum Gasteiger partial charge on any atom is -0.478 e. The highest BCUT2D eigenvalue weighted by Gasteiger charge is 2.17. The number of aromatic nitrogens is 4. The van der Waals surface area contributed by atoms with E-state index in [4.69, 9.17) is 15.6 Å². The summed E-state index contributed by atoms with van der Waals surface area (Å²) in [4.78, 5) is 28.7. The smallest absolute Gasteiger partial charge is 0.338 e. The molecule has 10 heteroatoms. The van der Waals surface area contributed by atoms with Gasteiger partial charge in [0.05, 0.1) is 22.7 Å². The average molecular weight is 401 g/mol. The standard InChI is InChI=1S/C18H23N5O4Si/c1-28(2,3)7-6-27-11-22-16(24)14-8-13(19)4-5-15(14)21-18(22)23-10-12(9-20-23)17(25)26/h4-5,8-10H,6-7,11,19H2,1-3H3,(H,25,26). The van der Waals surface area contributed by atoms with Crippen LogP contribution < -0.4 is 11.3 Å². The molecule has 0 unspecified atom stereocenters. The molecule has 1 aromatic carbocycles. The molecular formula is C18H23N5O4Si. The number of nitrogens with two attached hydrogens (primary N) is 1. The molecule has 0 fully saturated rings. The number of hydrogen-bond donors (Lipinski definition) is 2. The highest BCUT2D eigenvalue weighted by molar-refractivity contribution is 6.76. The molecule has 0 amide bonds. The van der Waals surface area contributed by atoms with Crippen LogP contribution in [0.15, 0.2) is 35.4 Å². The van der Waals surface area contributed by atoms with Gasteiger partial charge >= 0.3 is 5.97 Å². The first-order valence-corrected chi connectivity index (χ1v) is 12.5. The van der Waals surface area contributed by atoms with Gasteiger partial charge in [0.25, 0.3) is 5.56 Å². The minimum atomic E-state index is -1.27. The van der Waals surface area contributed by atoms with E-state index in [-0.39, 0.29) is 23.8 Å². The minimum absolute atomic E-state index is 0.00199. The van der Waals surface area contributed by atoms with Crippen molar-refractivity contribution in [2.24, 2.45) is 0 Å². The first-order chi connectivity index (χ1) is 13.2. The van der Waals surface area contributed by atoms with E-state index < -0.39 is 14.0 Å². The summed E-state index contributed by atoms with van der Waals surface area (Å²) >= 11 is 0. The zero-order chi connectivity index (χ0) is 20.5. The van der Waals surface area contributed by atoms with Crippen molar-refractivity contribution in [3.63, 3.8) is 0 Å². The molecule has 0 bridgehead atoms. The maximum atomic E-state index is 13.0. The molecule has 9 nitrogen and oxygen atoms in total. The molecule has 0 spiro atoms. The molecule has 0 aliphatic carbocycles. The third-order valence-corrected chi connectivity index (χ3v) is 5.91. The predicted molar refractivity (Wildman–Crippen MR) is 109 cm³/mol. The van der Waals surface area contributed by atoms with Crippen LogP contribution in [0.2, 0.25) is 25.7 Å². The molecule has 3 aromatic rings. The largest absolute Gasteiger partial charge is 0.478 e. The molecule has 0 saturated carbocycles. The lowest BCUT2D eigenvalue weighted by Gasteiger charge is -2.17. The van der Waals surface area contributed by atoms with Crippen molar-refractivity contribution in [1.82, 2.24) is 19.3 Å². The summed E-state index contributed by atoms with van der Waals surface area (Å²) in [6.45, 7) is 7.23. The van der Waals surface area contributed by atoms with Crippen molar-refractivity contribution in [3.05, 3.63) is 46.5 Å². The number of anilines is 1. The van der Waals surface area contributed by atoms with Crippen molar-refractivity contribution >= 4 is 30.6 Å². The van der Waals surface area contributed by atoms with E-state index in [9.17, 15) is 9.59 Å². The maximum absolute atomic E-state index is 13.0. The molecular weight excluding hydrogens is 378 g/mol. The zero-order valence-corrected chi connectivity index (χ0v) is 17.0. The van der Waals surface area contributed by atoms with E-state index in [1.54, 1.807) is 18.2 Å². The molecule has 0 aliphatic rings. The van der Waals surface area contributed by atoms with Crippen LogP contribution in [0, 0.1) is 0 Å². The van der Waals surface area contributed by atoms with Gasteiger partial charge in [0.1, 0.15) is 6.73 Å². The molecule has 28 heavy (non-hydrogen) atoms. The first-order valence-electron chi connectivity index (χ1n) is 8.82. The lowest BCUT2D eigenvalue weighted by Crippen LogP contribution is -2.28. The maximum Gasteiger partial charge on any atom is 0.338 e. The van der Waals surface area contributed by atoms with Gasteiger partial charge in [-0.3, -0.25) is 9.36 Å². The summed E-state index contributed by atoms with van der Waals surface area (Å²) in [7, 11) is -1.27. The van der Waals surface area contributed by atoms with Gasteiger partial charge in [0, 0.05) is 26.6 Å². The second kappa shape index (κ2) is 7.56. The molecule has 3 N–H and O–H groups in total. The van der Waals surface area contributed by atoms with Crippen molar-refractivity contribution in [2.45, 2.75) is 32.4 Å². The summed E-state index contributed by atoms with van der Waals surface area (Å²) in [6, 6.07) is 5.82. The quantitative estimate of drug-likeness (QED) is 0.353. The highest BCUT2D eigenvalue weighted by Crippen LogP contribution is 2.15. The van der Waals surface area contributed by atoms with Gasteiger partial charge in [-0.15, -0.1) is 0 Å². The third kappa shape index (κ3) is 4.29. The molecule has 2 aromatic heterocycles. The number of carbonyl (C=O) groups is 1. The average Bonchev–Trinajstić information content (AvgIpc) is 3.10. The van der Waals surface area contributed by atoms with Crippen LogP contribution in [-0.4, -0.2) is 45.1 Å². The number of fused-ring (bicyclic) bond motifs is 1. The Labute approximate surface area is 162 Å². The van der Waals surface area contributed by atoms with Gasteiger partial charge in [0.2, 0.25) is 5.95 Å². The van der Waals surface area contributed by atoms with Crippen molar-refractivity contribution < 1.29 is 14.6 Å². The Balaban J connectivity index is 2.05. The van der Waals surface area contributed by atoms with Crippen LogP contribution in [0.4, 0.5) is 5.69 Å². The lowest BCUT2D eigenvalue weighted by molar-refractivity contribution is 0.0697. The van der Waals surface area contributed by atoms with E-state index in [0.717, 1.165) is 6.04 Å². The Morgan fingerprint density at radius 2 is 2.07 bits per heavy atom. The summed E-state index contributed by atoms with van der Waals surface area (Å²) in [6.07, 6.45) is 2.52. The van der Waals surface area contributed by atoms with Crippen LogP contribution in [-0.2, 0) is 11.5 Å². The molecule has 0 saturated heterocycles. The van der Waals surface area contributed by atoms with Gasteiger partial charge in [0.15, 0.2) is 0 Å². The Morgan fingerprint density at radius 3 is 2.71 bits per heavy atom. The molecule has 148 valence electrons. The topological polar surface area (TPSA) is 125 Å². The summed E-state index contributed by atoms with van der Waals surface area (Å²) in [5.41, 5.74) is 6.39. The third-order valence-electron chi connectivity index (χ3n) is 4.21. The Bertz CT molecular complexity index is 1080. The molecule has 0 radical (unpaired) electrons. The number of nitrogens with zero attached hydrogens (tertiary/aromatic N) is 4. The van der Waals surface area contributed by atoms with E-state index >= 15 is 0 Å². The number of carboxylic acid groups (broad SMARTS) is 1. The van der Waals surface area contributed by atoms with Crippen molar-refractivity contribution in [3.8, 4) is 5.95 Å². The SMILES string of the molecule is C[Si](C)(C)CCOCn1c(-n2cc(C(=O)O)cn2)nc2ccc(N)cc2c1=O. The van der Waals surface area contributed by atoms with Gasteiger partial charge in [-0.25, -0.2) is 14.5 Å². The molecule has 3 rings (SSSR count). The van der Waals surface area contributed by atoms with Crippen LogP contribution in [0.25, 0.3) is 16.9 Å². The number of hydrogen-bond acceptors (Lipinski definition) is 6. The van der Waals surface area contributed by atoms with Gasteiger partial charge in [-0.1, -0.05) is 19.6 Å².